The van der Waals surface area contributed by atoms with Crippen molar-refractivity contribution < 1.29 is 10.2 Å². The summed E-state index contributed by atoms with van der Waals surface area (Å²) in [5.74, 6) is -0.961. The smallest absolute Gasteiger partial charge is 0.176 e. The van der Waals surface area contributed by atoms with Crippen LogP contribution in [0.4, 0.5) is 0 Å². The maximum absolute atomic E-state index is 9.89. The molecule has 4 nitrogen and oxygen atoms in total. The molecule has 0 aromatic heterocycles. The molecule has 0 aliphatic heterocycles. The second-order valence-electron chi connectivity index (χ2n) is 5.02. The second kappa shape index (κ2) is 5.19. The molecule has 0 unspecified atom stereocenters. The average Bonchev–Trinajstić information content (AvgIpc) is 2.45. The standard InChI is InChI=1S/C17H14N2O2/c1-9-4-11(3)13(5-10(9)2)16-12(7-18)6-15(20)17(21)14(16)8-19/h4-6,20-21H,1-3H3. The molecule has 2 rings (SSSR count). The molecule has 0 aliphatic rings. The molecule has 4 heteroatoms. The number of phenolic OH excluding ortho intramolecular Hbond substituents is 2. The molecular formula is C17H14N2O2. The Labute approximate surface area is 123 Å². The number of rotatable bonds is 1. The Morgan fingerprint density at radius 1 is 0.857 bits per heavy atom. The lowest BCUT2D eigenvalue weighted by atomic mass is 9.89. The minimum absolute atomic E-state index is 0.0853. The van der Waals surface area contributed by atoms with Crippen LogP contribution in [0, 0.1) is 43.4 Å². The summed E-state index contributed by atoms with van der Waals surface area (Å²) in [6, 6.07) is 8.89. The van der Waals surface area contributed by atoms with Crippen LogP contribution in [-0.2, 0) is 0 Å². The molecular weight excluding hydrogens is 264 g/mol. The third-order valence-corrected chi connectivity index (χ3v) is 3.62. The van der Waals surface area contributed by atoms with Gasteiger partial charge in [0.25, 0.3) is 0 Å². The van der Waals surface area contributed by atoms with E-state index in [9.17, 15) is 20.7 Å². The molecule has 0 amide bonds. The van der Waals surface area contributed by atoms with E-state index in [0.29, 0.717) is 11.1 Å². The van der Waals surface area contributed by atoms with E-state index in [1.807, 2.05) is 45.0 Å². The fourth-order valence-electron chi connectivity index (χ4n) is 2.37. The van der Waals surface area contributed by atoms with Crippen molar-refractivity contribution in [3.63, 3.8) is 0 Å². The van der Waals surface area contributed by atoms with Crippen molar-refractivity contribution in [3.8, 4) is 34.8 Å². The second-order valence-corrected chi connectivity index (χ2v) is 5.02. The van der Waals surface area contributed by atoms with Gasteiger partial charge in [-0.1, -0.05) is 12.1 Å². The molecule has 0 radical (unpaired) electrons. The van der Waals surface area contributed by atoms with Crippen molar-refractivity contribution in [2.75, 3.05) is 0 Å². The summed E-state index contributed by atoms with van der Waals surface area (Å²) in [5, 5.41) is 38.1. The van der Waals surface area contributed by atoms with Gasteiger partial charge < -0.3 is 10.2 Å². The van der Waals surface area contributed by atoms with E-state index >= 15 is 0 Å². The van der Waals surface area contributed by atoms with Crippen LogP contribution >= 0.6 is 0 Å². The number of aromatic hydroxyl groups is 2. The number of phenols is 2. The summed E-state index contributed by atoms with van der Waals surface area (Å²) in [5.41, 5.74) is 4.17. The lowest BCUT2D eigenvalue weighted by molar-refractivity contribution is 0.402. The van der Waals surface area contributed by atoms with Crippen molar-refractivity contribution in [3.05, 3.63) is 46.0 Å². The van der Waals surface area contributed by atoms with Crippen molar-refractivity contribution in [2.24, 2.45) is 0 Å². The Bertz CT molecular complexity index is 824. The summed E-state index contributed by atoms with van der Waals surface area (Å²) < 4.78 is 0. The Morgan fingerprint density at radius 2 is 1.48 bits per heavy atom. The van der Waals surface area contributed by atoms with E-state index in [2.05, 4.69) is 0 Å². The zero-order valence-electron chi connectivity index (χ0n) is 12.0. The summed E-state index contributed by atoms with van der Waals surface area (Å²) in [6.45, 7) is 5.81. The lowest BCUT2D eigenvalue weighted by Gasteiger charge is -2.14. The van der Waals surface area contributed by atoms with Crippen LogP contribution in [-0.4, -0.2) is 10.2 Å². The highest BCUT2D eigenvalue weighted by Crippen LogP contribution is 2.40. The van der Waals surface area contributed by atoms with E-state index in [0.717, 1.165) is 16.7 Å². The predicted octanol–water partition coefficient (Wildman–Crippen LogP) is 3.43. The summed E-state index contributed by atoms with van der Waals surface area (Å²) in [4.78, 5) is 0. The van der Waals surface area contributed by atoms with Crippen molar-refractivity contribution in [1.29, 1.82) is 10.5 Å². The number of benzene rings is 2. The Balaban J connectivity index is 2.94. The first-order valence-electron chi connectivity index (χ1n) is 6.38. The summed E-state index contributed by atoms with van der Waals surface area (Å²) >= 11 is 0. The fraction of sp³-hybridized carbons (Fsp3) is 0.176. The normalized spacial score (nSPS) is 9.95. The molecule has 0 saturated heterocycles. The van der Waals surface area contributed by atoms with Crippen molar-refractivity contribution >= 4 is 0 Å². The van der Waals surface area contributed by atoms with Gasteiger partial charge in [-0.2, -0.15) is 10.5 Å². The maximum Gasteiger partial charge on any atom is 0.176 e. The average molecular weight is 278 g/mol. The Morgan fingerprint density at radius 3 is 2.05 bits per heavy atom. The van der Waals surface area contributed by atoms with Gasteiger partial charge >= 0.3 is 0 Å². The number of hydrogen-bond acceptors (Lipinski definition) is 4. The van der Waals surface area contributed by atoms with Gasteiger partial charge in [-0.15, -0.1) is 0 Å². The fourth-order valence-corrected chi connectivity index (χ4v) is 2.37. The van der Waals surface area contributed by atoms with Gasteiger partial charge in [0.15, 0.2) is 11.5 Å². The molecule has 104 valence electrons. The molecule has 2 aromatic carbocycles. The highest BCUT2D eigenvalue weighted by molar-refractivity contribution is 5.83. The van der Waals surface area contributed by atoms with Crippen LogP contribution in [0.2, 0.25) is 0 Å². The molecule has 0 saturated carbocycles. The van der Waals surface area contributed by atoms with Gasteiger partial charge in [-0.3, -0.25) is 0 Å². The first-order chi connectivity index (χ1) is 9.90. The zero-order valence-corrected chi connectivity index (χ0v) is 12.0. The molecule has 2 N–H and O–H groups in total. The first-order valence-corrected chi connectivity index (χ1v) is 6.38. The van der Waals surface area contributed by atoms with Crippen LogP contribution in [0.15, 0.2) is 18.2 Å². The Kier molecular flexibility index (Phi) is 3.56. The quantitative estimate of drug-likeness (QED) is 0.782. The van der Waals surface area contributed by atoms with Gasteiger partial charge in [0.2, 0.25) is 0 Å². The lowest BCUT2D eigenvalue weighted by Crippen LogP contribution is -1.95. The highest BCUT2D eigenvalue weighted by atomic mass is 16.3. The van der Waals surface area contributed by atoms with E-state index < -0.39 is 11.5 Å². The van der Waals surface area contributed by atoms with Gasteiger partial charge in [0.05, 0.1) is 11.6 Å². The zero-order chi connectivity index (χ0) is 15.7. The van der Waals surface area contributed by atoms with Crippen LogP contribution < -0.4 is 0 Å². The van der Waals surface area contributed by atoms with E-state index in [1.54, 1.807) is 0 Å². The molecule has 0 bridgehead atoms. The molecule has 0 heterocycles. The molecule has 21 heavy (non-hydrogen) atoms. The third kappa shape index (κ3) is 2.28. The molecule has 0 spiro atoms. The number of aryl methyl sites for hydroxylation is 3. The molecule has 2 aromatic rings. The van der Waals surface area contributed by atoms with Gasteiger partial charge in [0, 0.05) is 11.6 Å². The maximum atomic E-state index is 9.89. The van der Waals surface area contributed by atoms with Crippen LogP contribution in [0.25, 0.3) is 11.1 Å². The van der Waals surface area contributed by atoms with Crippen LogP contribution in [0.5, 0.6) is 11.5 Å². The van der Waals surface area contributed by atoms with E-state index in [4.69, 9.17) is 0 Å². The van der Waals surface area contributed by atoms with Crippen LogP contribution in [0.3, 0.4) is 0 Å². The number of nitriles is 2. The van der Waals surface area contributed by atoms with E-state index in [-0.39, 0.29) is 11.1 Å². The predicted molar refractivity (Wildman–Crippen MR) is 78.8 cm³/mol. The topological polar surface area (TPSA) is 88.0 Å². The number of nitrogens with zero attached hydrogens (tertiary/aromatic N) is 2. The largest absolute Gasteiger partial charge is 0.504 e. The Hall–Kier alpha value is -2.98. The van der Waals surface area contributed by atoms with Crippen molar-refractivity contribution in [1.82, 2.24) is 0 Å². The van der Waals surface area contributed by atoms with Gasteiger partial charge in [-0.25, -0.2) is 0 Å². The monoisotopic (exact) mass is 278 g/mol. The number of hydrogen-bond donors (Lipinski definition) is 2. The van der Waals surface area contributed by atoms with Gasteiger partial charge in [0.1, 0.15) is 11.6 Å². The highest BCUT2D eigenvalue weighted by Gasteiger charge is 2.20. The minimum Gasteiger partial charge on any atom is -0.504 e. The van der Waals surface area contributed by atoms with Crippen molar-refractivity contribution in [2.45, 2.75) is 20.8 Å². The van der Waals surface area contributed by atoms with Crippen LogP contribution in [0.1, 0.15) is 27.8 Å². The van der Waals surface area contributed by atoms with E-state index in [1.165, 1.54) is 6.07 Å². The summed E-state index contributed by atoms with van der Waals surface area (Å²) in [6.07, 6.45) is 0. The van der Waals surface area contributed by atoms with Gasteiger partial charge in [-0.05, 0) is 43.0 Å². The third-order valence-electron chi connectivity index (χ3n) is 3.62. The SMILES string of the molecule is Cc1cc(C)c(-c2c(C#N)cc(O)c(O)c2C#N)cc1C. The molecule has 0 aliphatic carbocycles. The first kappa shape index (κ1) is 14.4. The molecule has 0 fully saturated rings. The molecule has 0 atom stereocenters. The summed E-state index contributed by atoms with van der Waals surface area (Å²) in [7, 11) is 0. The minimum atomic E-state index is -0.496.